The molecule has 3 aliphatic rings. The Morgan fingerprint density at radius 1 is 1.02 bits per heavy atom. The Balaban J connectivity index is 1.06. The summed E-state index contributed by atoms with van der Waals surface area (Å²) in [6.07, 6.45) is 10.8. The third-order valence-corrected chi connectivity index (χ3v) is 9.50. The molecule has 6 rings (SSSR count). The van der Waals surface area contributed by atoms with Crippen molar-refractivity contribution in [3.05, 3.63) is 41.7 Å². The second-order valence-corrected chi connectivity index (χ2v) is 13.7. The highest BCUT2D eigenvalue weighted by Gasteiger charge is 2.42. The zero-order valence-electron chi connectivity index (χ0n) is 25.9. The number of carbonyl (C=O) groups is 1. The Morgan fingerprint density at radius 3 is 2.37 bits per heavy atom. The second-order valence-electron chi connectivity index (χ2n) is 13.3. The number of anilines is 1. The van der Waals surface area contributed by atoms with E-state index in [1.807, 2.05) is 42.3 Å². The fraction of sp³-hybridized carbons (Fsp3) is 0.576. The van der Waals surface area contributed by atoms with Crippen LogP contribution in [0.15, 0.2) is 36.7 Å². The van der Waals surface area contributed by atoms with Gasteiger partial charge < -0.3 is 28.8 Å². The zero-order valence-corrected chi connectivity index (χ0v) is 26.7. The van der Waals surface area contributed by atoms with Crippen molar-refractivity contribution >= 4 is 29.0 Å². The monoisotopic (exact) mass is 609 g/mol. The Labute approximate surface area is 259 Å². The number of carbonyl (C=O) groups excluding carboxylic acids is 1. The largest absolute Gasteiger partial charge is 0.496 e. The highest BCUT2D eigenvalue weighted by Crippen LogP contribution is 2.40. The fourth-order valence-corrected chi connectivity index (χ4v) is 7.35. The van der Waals surface area contributed by atoms with Crippen LogP contribution in [0, 0.1) is 5.92 Å². The number of hydrogen-bond donors (Lipinski definition) is 1. The first-order chi connectivity index (χ1) is 20.6. The average Bonchev–Trinajstić information content (AvgIpc) is 3.48. The van der Waals surface area contributed by atoms with Gasteiger partial charge in [0.15, 0.2) is 0 Å². The summed E-state index contributed by atoms with van der Waals surface area (Å²) in [5.41, 5.74) is 3.13. The number of rotatable bonds is 7. The van der Waals surface area contributed by atoms with Crippen LogP contribution in [0.4, 0.5) is 10.5 Å². The molecule has 0 saturated carbocycles. The molecule has 10 heteroatoms. The van der Waals surface area contributed by atoms with E-state index in [2.05, 4.69) is 28.5 Å². The summed E-state index contributed by atoms with van der Waals surface area (Å²) in [7, 11) is 3.23. The lowest BCUT2D eigenvalue weighted by molar-refractivity contribution is 0.0148. The molecule has 0 radical (unpaired) electrons. The molecule has 232 valence electrons. The number of pyridine rings is 1. The number of aromatic nitrogens is 2. The Hall–Kier alpha value is -3.17. The van der Waals surface area contributed by atoms with Crippen molar-refractivity contribution in [1.29, 1.82) is 0 Å². The fourth-order valence-electron chi connectivity index (χ4n) is 7.11. The van der Waals surface area contributed by atoms with Gasteiger partial charge in [-0.15, -0.1) is 0 Å². The van der Waals surface area contributed by atoms with Crippen LogP contribution in [0.25, 0.3) is 16.9 Å². The summed E-state index contributed by atoms with van der Waals surface area (Å²) >= 11 is 6.42. The predicted molar refractivity (Wildman–Crippen MR) is 169 cm³/mol. The van der Waals surface area contributed by atoms with Gasteiger partial charge in [0.2, 0.25) is 0 Å². The lowest BCUT2D eigenvalue weighted by Gasteiger charge is -2.42. The minimum atomic E-state index is -0.446. The van der Waals surface area contributed by atoms with Gasteiger partial charge in [0.25, 0.3) is 0 Å². The van der Waals surface area contributed by atoms with Gasteiger partial charge in [0.05, 0.1) is 24.9 Å². The molecule has 1 aromatic carbocycles. The molecule has 9 nitrogen and oxygen atoms in total. The molecule has 3 saturated heterocycles. The van der Waals surface area contributed by atoms with E-state index in [9.17, 15) is 4.79 Å². The minimum absolute atomic E-state index is 0.174. The first kappa shape index (κ1) is 29.9. The molecule has 5 heterocycles. The summed E-state index contributed by atoms with van der Waals surface area (Å²) < 4.78 is 18.6. The van der Waals surface area contributed by atoms with Crippen LogP contribution in [-0.4, -0.2) is 82.9 Å². The van der Waals surface area contributed by atoms with Gasteiger partial charge in [-0.2, -0.15) is 0 Å². The van der Waals surface area contributed by atoms with E-state index in [1.54, 1.807) is 20.3 Å². The van der Waals surface area contributed by atoms with Crippen molar-refractivity contribution in [1.82, 2.24) is 19.2 Å². The number of amides is 1. The molecule has 43 heavy (non-hydrogen) atoms. The maximum Gasteiger partial charge on any atom is 0.410 e. The number of methoxy groups -OCH3 is 2. The van der Waals surface area contributed by atoms with Crippen LogP contribution in [0.5, 0.6) is 11.5 Å². The number of halogens is 1. The van der Waals surface area contributed by atoms with E-state index < -0.39 is 5.60 Å². The molecule has 1 amide bonds. The lowest BCUT2D eigenvalue weighted by atomic mass is 9.92. The molecule has 2 unspecified atom stereocenters. The number of likely N-dealkylation sites (tertiary alicyclic amines) is 1. The van der Waals surface area contributed by atoms with E-state index in [-0.39, 0.29) is 6.09 Å². The standard InChI is InChI=1S/C33H44ClN5O4/c1-33(2,3)43-32(40)37-11-8-21(9-12-37)19-39-24-6-7-25(39)15-23(14-24)35-22-10-13-38-20-28(36-31(38)16-22)26-17-27(34)30(42-5)18-29(26)41-4/h10,13,16-18,20-21,23-25,35H,6-9,11-12,14-15,19H2,1-5H3. The maximum absolute atomic E-state index is 12.5. The van der Waals surface area contributed by atoms with Crippen molar-refractivity contribution in [2.24, 2.45) is 5.92 Å². The number of nitrogens with one attached hydrogen (secondary N) is 1. The number of ether oxygens (including phenoxy) is 3. The van der Waals surface area contributed by atoms with Crippen LogP contribution in [0.1, 0.15) is 59.3 Å². The van der Waals surface area contributed by atoms with Crippen LogP contribution < -0.4 is 14.8 Å². The molecule has 3 aromatic rings. The highest BCUT2D eigenvalue weighted by atomic mass is 35.5. The third kappa shape index (κ3) is 6.53. The van der Waals surface area contributed by atoms with Gasteiger partial charge >= 0.3 is 6.09 Å². The molecule has 1 N–H and O–H groups in total. The zero-order chi connectivity index (χ0) is 30.3. The third-order valence-electron chi connectivity index (χ3n) is 9.20. The van der Waals surface area contributed by atoms with Crippen molar-refractivity contribution < 1.29 is 19.0 Å². The number of benzene rings is 1. The Morgan fingerprint density at radius 2 is 1.72 bits per heavy atom. The number of fused-ring (bicyclic) bond motifs is 3. The number of imidazole rings is 1. The SMILES string of the molecule is COc1cc(OC)c(-c2cn3ccc(NC4CC5CCC(C4)N5CC4CCN(C(=O)OC(C)(C)C)CC4)cc3n2)cc1Cl. The van der Waals surface area contributed by atoms with Gasteiger partial charge in [-0.1, -0.05) is 11.6 Å². The first-order valence-electron chi connectivity index (χ1n) is 15.5. The van der Waals surface area contributed by atoms with Crippen molar-refractivity contribution in [2.75, 3.05) is 39.2 Å². The van der Waals surface area contributed by atoms with Crippen molar-refractivity contribution in [3.63, 3.8) is 0 Å². The van der Waals surface area contributed by atoms with Gasteiger partial charge in [-0.05, 0) is 77.3 Å². The lowest BCUT2D eigenvalue weighted by Crippen LogP contribution is -2.50. The number of hydrogen-bond acceptors (Lipinski definition) is 7. The second kappa shape index (κ2) is 12.1. The molecule has 3 aliphatic heterocycles. The summed E-state index contributed by atoms with van der Waals surface area (Å²) in [4.78, 5) is 22.0. The summed E-state index contributed by atoms with van der Waals surface area (Å²) in [6, 6.07) is 9.57. The summed E-state index contributed by atoms with van der Waals surface area (Å²) in [5, 5.41) is 4.35. The number of piperidine rings is 2. The summed E-state index contributed by atoms with van der Waals surface area (Å²) in [5.74, 6) is 1.88. The molecule has 2 atom stereocenters. The van der Waals surface area contributed by atoms with E-state index in [1.165, 1.54) is 12.8 Å². The number of nitrogens with zero attached hydrogens (tertiary/aromatic N) is 4. The minimum Gasteiger partial charge on any atom is -0.496 e. The van der Waals surface area contributed by atoms with E-state index in [4.69, 9.17) is 30.8 Å². The molecule has 2 aromatic heterocycles. The van der Waals surface area contributed by atoms with Gasteiger partial charge in [-0.25, -0.2) is 9.78 Å². The van der Waals surface area contributed by atoms with Gasteiger partial charge in [0, 0.05) is 73.5 Å². The molecule has 0 aliphatic carbocycles. The summed E-state index contributed by atoms with van der Waals surface area (Å²) in [6.45, 7) is 8.51. The topological polar surface area (TPSA) is 80.6 Å². The van der Waals surface area contributed by atoms with Gasteiger partial charge in [-0.3, -0.25) is 4.90 Å². The van der Waals surface area contributed by atoms with Gasteiger partial charge in [0.1, 0.15) is 22.7 Å². The smallest absolute Gasteiger partial charge is 0.410 e. The van der Waals surface area contributed by atoms with Crippen molar-refractivity contribution in [3.8, 4) is 22.8 Å². The van der Waals surface area contributed by atoms with Crippen LogP contribution >= 0.6 is 11.6 Å². The van der Waals surface area contributed by atoms with Crippen molar-refractivity contribution in [2.45, 2.75) is 83.0 Å². The van der Waals surface area contributed by atoms with Crippen LogP contribution in [-0.2, 0) is 4.74 Å². The molecular formula is C33H44ClN5O4. The van der Waals surface area contributed by atoms with E-state index in [0.29, 0.717) is 40.6 Å². The predicted octanol–water partition coefficient (Wildman–Crippen LogP) is 6.73. The van der Waals surface area contributed by atoms with Crippen LogP contribution in [0.2, 0.25) is 5.02 Å². The molecule has 0 spiro atoms. The quantitative estimate of drug-likeness (QED) is 0.318. The molecular weight excluding hydrogens is 566 g/mol. The molecule has 3 fully saturated rings. The van der Waals surface area contributed by atoms with Crippen LogP contribution in [0.3, 0.4) is 0 Å². The van der Waals surface area contributed by atoms with E-state index >= 15 is 0 Å². The Kier molecular flexibility index (Phi) is 8.39. The first-order valence-corrected chi connectivity index (χ1v) is 15.9. The molecule has 2 bridgehead atoms. The average molecular weight is 610 g/mol. The maximum atomic E-state index is 12.5. The highest BCUT2D eigenvalue weighted by molar-refractivity contribution is 6.32. The van der Waals surface area contributed by atoms with E-state index in [0.717, 1.165) is 67.9 Å². The Bertz CT molecular complexity index is 1450. The normalized spacial score (nSPS) is 23.0.